The zero-order chi connectivity index (χ0) is 15.1. The van der Waals surface area contributed by atoms with Crippen molar-refractivity contribution in [2.24, 2.45) is 16.7 Å². The summed E-state index contributed by atoms with van der Waals surface area (Å²) in [4.78, 5) is 0. The maximum Gasteiger partial charge on any atom is 0.403 e. The van der Waals surface area contributed by atoms with Gasteiger partial charge >= 0.3 is 12.4 Å². The fourth-order valence-electron chi connectivity index (χ4n) is 2.91. The Morgan fingerprint density at radius 3 is 1.53 bits per heavy atom. The molecule has 19 heavy (non-hydrogen) atoms. The molecule has 0 saturated heterocycles. The van der Waals surface area contributed by atoms with Gasteiger partial charge in [0, 0.05) is 0 Å². The average molecular weight is 290 g/mol. The monoisotopic (exact) mass is 290 g/mol. The van der Waals surface area contributed by atoms with Crippen LogP contribution in [0.1, 0.15) is 52.9 Å². The molecule has 1 rings (SSSR count). The van der Waals surface area contributed by atoms with E-state index in [0.29, 0.717) is 0 Å². The molecule has 114 valence electrons. The second-order valence-electron chi connectivity index (χ2n) is 6.19. The number of hydrogen-bond donors (Lipinski definition) is 0. The highest BCUT2D eigenvalue weighted by atomic mass is 19.4. The van der Waals surface area contributed by atoms with Crippen LogP contribution in [0.4, 0.5) is 26.3 Å². The zero-order valence-electron chi connectivity index (χ0n) is 11.4. The second kappa shape index (κ2) is 4.85. The summed E-state index contributed by atoms with van der Waals surface area (Å²) in [5, 5.41) is 0. The Hall–Kier alpha value is -0.420. The number of hydrogen-bond acceptors (Lipinski definition) is 0. The Morgan fingerprint density at radius 2 is 1.26 bits per heavy atom. The molecule has 1 fully saturated rings. The zero-order valence-corrected chi connectivity index (χ0v) is 11.4. The van der Waals surface area contributed by atoms with E-state index in [-0.39, 0.29) is 24.2 Å². The van der Waals surface area contributed by atoms with E-state index in [1.165, 1.54) is 0 Å². The third-order valence-electron chi connectivity index (χ3n) is 4.94. The quantitative estimate of drug-likeness (QED) is 0.570. The first kappa shape index (κ1) is 16.6. The van der Waals surface area contributed by atoms with Gasteiger partial charge in [0.05, 0.1) is 0 Å². The summed E-state index contributed by atoms with van der Waals surface area (Å²) < 4.78 is 77.3. The van der Waals surface area contributed by atoms with Crippen molar-refractivity contribution in [1.29, 1.82) is 0 Å². The van der Waals surface area contributed by atoms with Gasteiger partial charge in [0.1, 0.15) is 0 Å². The van der Waals surface area contributed by atoms with Crippen LogP contribution in [0, 0.1) is 16.7 Å². The molecule has 0 spiro atoms. The van der Waals surface area contributed by atoms with Gasteiger partial charge in [0.25, 0.3) is 0 Å². The van der Waals surface area contributed by atoms with Crippen LogP contribution in [-0.2, 0) is 0 Å². The molecule has 0 atom stereocenters. The summed E-state index contributed by atoms with van der Waals surface area (Å²) in [7, 11) is 0. The van der Waals surface area contributed by atoms with Crippen LogP contribution in [0.2, 0.25) is 0 Å². The Bertz CT molecular complexity index is 288. The summed E-state index contributed by atoms with van der Waals surface area (Å²) in [6.07, 6.45) is -11.4. The molecule has 1 aliphatic carbocycles. The maximum absolute atomic E-state index is 12.9. The lowest BCUT2D eigenvalue weighted by molar-refractivity contribution is -0.352. The Labute approximate surface area is 109 Å². The van der Waals surface area contributed by atoms with Crippen LogP contribution >= 0.6 is 0 Å². The van der Waals surface area contributed by atoms with Crippen LogP contribution in [0.5, 0.6) is 0 Å². The van der Waals surface area contributed by atoms with Gasteiger partial charge < -0.3 is 0 Å². The van der Waals surface area contributed by atoms with Gasteiger partial charge in [-0.3, -0.25) is 0 Å². The minimum Gasteiger partial charge on any atom is -0.170 e. The molecule has 0 N–H and O–H groups in total. The van der Waals surface area contributed by atoms with Crippen molar-refractivity contribution < 1.29 is 26.3 Å². The summed E-state index contributed by atoms with van der Waals surface area (Å²) in [6, 6.07) is 0. The van der Waals surface area contributed by atoms with Crippen LogP contribution in [0.25, 0.3) is 0 Å². The van der Waals surface area contributed by atoms with Gasteiger partial charge in [-0.2, -0.15) is 26.3 Å². The molecule has 6 heteroatoms. The van der Waals surface area contributed by atoms with Crippen molar-refractivity contribution in [2.45, 2.75) is 65.2 Å². The van der Waals surface area contributed by atoms with Crippen molar-refractivity contribution in [3.63, 3.8) is 0 Å². The molecule has 0 heterocycles. The third kappa shape index (κ3) is 2.87. The van der Waals surface area contributed by atoms with Crippen LogP contribution in [-0.4, -0.2) is 12.4 Å². The first-order chi connectivity index (χ1) is 8.37. The lowest BCUT2D eigenvalue weighted by atomic mass is 9.62. The van der Waals surface area contributed by atoms with E-state index in [0.717, 1.165) is 6.42 Å². The van der Waals surface area contributed by atoms with Crippen molar-refractivity contribution in [3.05, 3.63) is 0 Å². The first-order valence-electron chi connectivity index (χ1n) is 6.51. The molecule has 0 nitrogen and oxygen atoms in total. The Morgan fingerprint density at radius 1 is 0.895 bits per heavy atom. The topological polar surface area (TPSA) is 0 Å². The number of halogens is 6. The molecule has 1 aliphatic rings. The van der Waals surface area contributed by atoms with E-state index in [9.17, 15) is 26.3 Å². The fourth-order valence-corrected chi connectivity index (χ4v) is 2.91. The summed E-state index contributed by atoms with van der Waals surface area (Å²) in [5.74, 6) is -0.0738. The lowest BCUT2D eigenvalue weighted by Gasteiger charge is -2.46. The molecular weight excluding hydrogens is 270 g/mol. The normalized spacial score (nSPS) is 22.6. The Balaban J connectivity index is 2.94. The molecule has 0 bridgehead atoms. The molecule has 0 aromatic carbocycles. The fraction of sp³-hybridized carbons (Fsp3) is 1.00. The van der Waals surface area contributed by atoms with E-state index in [2.05, 4.69) is 0 Å². The smallest absolute Gasteiger partial charge is 0.170 e. The van der Waals surface area contributed by atoms with Gasteiger partial charge in [-0.1, -0.05) is 27.2 Å². The minimum absolute atomic E-state index is 0.0140. The predicted molar refractivity (Wildman–Crippen MR) is 60.6 cm³/mol. The summed E-state index contributed by atoms with van der Waals surface area (Å²) in [6.45, 7) is 5.73. The van der Waals surface area contributed by atoms with Crippen LogP contribution in [0.3, 0.4) is 0 Å². The molecule has 1 saturated carbocycles. The molecule has 0 radical (unpaired) electrons. The van der Waals surface area contributed by atoms with Crippen LogP contribution < -0.4 is 0 Å². The highest BCUT2D eigenvalue weighted by molar-refractivity contribution is 4.98. The Kier molecular flexibility index (Phi) is 4.24. The van der Waals surface area contributed by atoms with Gasteiger partial charge in [-0.05, 0) is 37.0 Å². The minimum atomic E-state index is -5.22. The summed E-state index contributed by atoms with van der Waals surface area (Å²) in [5.41, 5.74) is -3.70. The molecule has 0 unspecified atom stereocenters. The molecular formula is C13H20F6. The lowest BCUT2D eigenvalue weighted by Crippen LogP contribution is -2.52. The molecule has 0 aliphatic heterocycles. The number of rotatable bonds is 2. The van der Waals surface area contributed by atoms with E-state index >= 15 is 0 Å². The summed E-state index contributed by atoms with van der Waals surface area (Å²) >= 11 is 0. The second-order valence-corrected chi connectivity index (χ2v) is 6.19. The predicted octanol–water partition coefficient (Wildman–Crippen LogP) is 5.72. The van der Waals surface area contributed by atoms with E-state index in [4.69, 9.17) is 0 Å². The highest BCUT2D eigenvalue weighted by Crippen LogP contribution is 2.60. The molecule has 0 aromatic heterocycles. The van der Waals surface area contributed by atoms with Crippen molar-refractivity contribution in [2.75, 3.05) is 0 Å². The van der Waals surface area contributed by atoms with Gasteiger partial charge in [-0.25, -0.2) is 0 Å². The van der Waals surface area contributed by atoms with Crippen molar-refractivity contribution >= 4 is 0 Å². The largest absolute Gasteiger partial charge is 0.403 e. The van der Waals surface area contributed by atoms with E-state index in [1.54, 1.807) is 0 Å². The molecule has 0 aromatic rings. The highest BCUT2D eigenvalue weighted by Gasteiger charge is 2.70. The standard InChI is InChI=1S/C13H20F6/c1-4-10(2,3)9-5-7-11(8-6-9,12(14,15)16)13(17,18)19/h9H,4-8H2,1-3H3. The maximum atomic E-state index is 12.9. The van der Waals surface area contributed by atoms with E-state index < -0.39 is 30.6 Å². The van der Waals surface area contributed by atoms with Crippen molar-refractivity contribution in [3.8, 4) is 0 Å². The van der Waals surface area contributed by atoms with Gasteiger partial charge in [0.2, 0.25) is 0 Å². The van der Waals surface area contributed by atoms with E-state index in [1.807, 2.05) is 20.8 Å². The average Bonchev–Trinajstić information content (AvgIpc) is 2.26. The van der Waals surface area contributed by atoms with Gasteiger partial charge in [-0.15, -0.1) is 0 Å². The third-order valence-corrected chi connectivity index (χ3v) is 4.94. The number of alkyl halides is 6. The first-order valence-corrected chi connectivity index (χ1v) is 6.51. The van der Waals surface area contributed by atoms with Gasteiger partial charge in [0.15, 0.2) is 5.41 Å². The molecule has 0 amide bonds. The van der Waals surface area contributed by atoms with Crippen molar-refractivity contribution in [1.82, 2.24) is 0 Å². The SMILES string of the molecule is CCC(C)(C)C1CCC(C(F)(F)F)(C(F)(F)F)CC1. The van der Waals surface area contributed by atoms with Crippen LogP contribution in [0.15, 0.2) is 0 Å².